The highest BCUT2D eigenvalue weighted by atomic mass is 32.2. The SMILES string of the molecule is CC(=O)N1C[C@@H](C)Sc2ccc(S(=O)(=O)N[C@@H](C)c3ccccc3)cc21. The summed E-state index contributed by atoms with van der Waals surface area (Å²) in [6, 6.07) is 14.0. The Kier molecular flexibility index (Phi) is 5.41. The van der Waals surface area contributed by atoms with E-state index in [-0.39, 0.29) is 22.1 Å². The third kappa shape index (κ3) is 3.95. The van der Waals surface area contributed by atoms with Gasteiger partial charge in [-0.25, -0.2) is 13.1 Å². The molecule has 3 rings (SSSR count). The van der Waals surface area contributed by atoms with Crippen LogP contribution in [0.5, 0.6) is 0 Å². The highest BCUT2D eigenvalue weighted by molar-refractivity contribution is 8.00. The lowest BCUT2D eigenvalue weighted by Gasteiger charge is -2.32. The van der Waals surface area contributed by atoms with Gasteiger partial charge in [0.05, 0.1) is 10.6 Å². The van der Waals surface area contributed by atoms with Crippen LogP contribution in [0, 0.1) is 0 Å². The van der Waals surface area contributed by atoms with Gasteiger partial charge in [0.2, 0.25) is 15.9 Å². The first-order chi connectivity index (χ1) is 12.3. The van der Waals surface area contributed by atoms with Crippen LogP contribution in [-0.4, -0.2) is 26.1 Å². The number of thioether (sulfide) groups is 1. The molecule has 2 atom stereocenters. The quantitative estimate of drug-likeness (QED) is 0.867. The zero-order valence-electron chi connectivity index (χ0n) is 15.0. The molecule has 1 aliphatic rings. The van der Waals surface area contributed by atoms with Crippen molar-refractivity contribution in [3.63, 3.8) is 0 Å². The number of anilines is 1. The van der Waals surface area contributed by atoms with Crippen LogP contribution in [0.4, 0.5) is 5.69 Å². The molecule has 138 valence electrons. The Morgan fingerprint density at radius 3 is 2.58 bits per heavy atom. The predicted octanol–water partition coefficient (Wildman–Crippen LogP) is 3.57. The van der Waals surface area contributed by atoms with Crippen LogP contribution in [-0.2, 0) is 14.8 Å². The molecular formula is C19H22N2O3S2. The maximum atomic E-state index is 12.8. The van der Waals surface area contributed by atoms with E-state index < -0.39 is 10.0 Å². The zero-order valence-corrected chi connectivity index (χ0v) is 16.6. The van der Waals surface area contributed by atoms with Gasteiger partial charge in [0.15, 0.2) is 0 Å². The van der Waals surface area contributed by atoms with Crippen LogP contribution in [0.3, 0.4) is 0 Å². The van der Waals surface area contributed by atoms with Crippen LogP contribution in [0.25, 0.3) is 0 Å². The van der Waals surface area contributed by atoms with Crippen LogP contribution >= 0.6 is 11.8 Å². The standard InChI is InChI=1S/C19H22N2O3S2/c1-13-12-21(15(3)22)18-11-17(9-10-19(18)25-13)26(23,24)20-14(2)16-7-5-4-6-8-16/h4-11,13-14,20H,12H2,1-3H3/t13-,14+/m1/s1. The monoisotopic (exact) mass is 390 g/mol. The fourth-order valence-electron chi connectivity index (χ4n) is 2.99. The molecular weight excluding hydrogens is 368 g/mol. The number of hydrogen-bond donors (Lipinski definition) is 1. The summed E-state index contributed by atoms with van der Waals surface area (Å²) in [5.74, 6) is -0.0847. The van der Waals surface area contributed by atoms with E-state index >= 15 is 0 Å². The lowest BCUT2D eigenvalue weighted by atomic mass is 10.1. The Bertz CT molecular complexity index is 914. The normalized spacial score (nSPS) is 18.3. The van der Waals surface area contributed by atoms with Crippen molar-refractivity contribution in [2.24, 2.45) is 0 Å². The minimum atomic E-state index is -3.70. The Morgan fingerprint density at radius 2 is 1.92 bits per heavy atom. The van der Waals surface area contributed by atoms with Gasteiger partial charge in [-0.3, -0.25) is 4.79 Å². The third-order valence-corrected chi connectivity index (χ3v) is 7.00. The van der Waals surface area contributed by atoms with Gasteiger partial charge in [-0.2, -0.15) is 0 Å². The molecule has 1 N–H and O–H groups in total. The third-order valence-electron chi connectivity index (χ3n) is 4.31. The van der Waals surface area contributed by atoms with Crippen molar-refractivity contribution in [3.05, 3.63) is 54.1 Å². The topological polar surface area (TPSA) is 66.5 Å². The highest BCUT2D eigenvalue weighted by Gasteiger charge is 2.27. The van der Waals surface area contributed by atoms with Gasteiger partial charge in [0.25, 0.3) is 0 Å². The largest absolute Gasteiger partial charge is 0.310 e. The van der Waals surface area contributed by atoms with Crippen LogP contribution in [0.15, 0.2) is 58.3 Å². The fraction of sp³-hybridized carbons (Fsp3) is 0.316. The number of benzene rings is 2. The maximum absolute atomic E-state index is 12.8. The lowest BCUT2D eigenvalue weighted by Crippen LogP contribution is -2.37. The van der Waals surface area contributed by atoms with Gasteiger partial charge in [-0.05, 0) is 30.7 Å². The number of sulfonamides is 1. The van der Waals surface area contributed by atoms with Gasteiger partial charge in [-0.15, -0.1) is 11.8 Å². The first kappa shape index (κ1) is 18.9. The van der Waals surface area contributed by atoms with E-state index in [1.807, 2.05) is 37.3 Å². The van der Waals surface area contributed by atoms with E-state index in [2.05, 4.69) is 11.6 Å². The van der Waals surface area contributed by atoms with E-state index in [1.165, 1.54) is 6.92 Å². The molecule has 5 nitrogen and oxygen atoms in total. The Labute approximate surface area is 158 Å². The summed E-state index contributed by atoms with van der Waals surface area (Å²) < 4.78 is 28.4. The summed E-state index contributed by atoms with van der Waals surface area (Å²) in [5.41, 5.74) is 1.56. The Balaban J connectivity index is 1.92. The van der Waals surface area contributed by atoms with Gasteiger partial charge in [-0.1, -0.05) is 37.3 Å². The van der Waals surface area contributed by atoms with Crippen molar-refractivity contribution in [1.29, 1.82) is 0 Å². The number of hydrogen-bond acceptors (Lipinski definition) is 4. The second-order valence-electron chi connectivity index (χ2n) is 6.44. The molecule has 0 saturated carbocycles. The predicted molar refractivity (Wildman–Crippen MR) is 105 cm³/mol. The van der Waals surface area contributed by atoms with E-state index in [1.54, 1.807) is 34.9 Å². The molecule has 1 heterocycles. The van der Waals surface area contributed by atoms with E-state index in [4.69, 9.17) is 0 Å². The molecule has 0 aliphatic carbocycles. The van der Waals surface area contributed by atoms with Crippen LogP contribution in [0.2, 0.25) is 0 Å². The second-order valence-corrected chi connectivity index (χ2v) is 9.64. The van der Waals surface area contributed by atoms with E-state index in [9.17, 15) is 13.2 Å². The second kappa shape index (κ2) is 7.42. The lowest BCUT2D eigenvalue weighted by molar-refractivity contribution is -0.116. The van der Waals surface area contributed by atoms with Gasteiger partial charge < -0.3 is 4.90 Å². The summed E-state index contributed by atoms with van der Waals surface area (Å²) in [6.45, 7) is 5.94. The smallest absolute Gasteiger partial charge is 0.241 e. The first-order valence-electron chi connectivity index (χ1n) is 8.44. The molecule has 26 heavy (non-hydrogen) atoms. The van der Waals surface area contributed by atoms with Gasteiger partial charge >= 0.3 is 0 Å². The fourth-order valence-corrected chi connectivity index (χ4v) is 5.34. The minimum Gasteiger partial charge on any atom is -0.310 e. The van der Waals surface area contributed by atoms with E-state index in [0.717, 1.165) is 10.5 Å². The number of carbonyl (C=O) groups excluding carboxylic acids is 1. The number of amides is 1. The van der Waals surface area contributed by atoms with Gasteiger partial charge in [0, 0.05) is 29.7 Å². The number of nitrogens with zero attached hydrogens (tertiary/aromatic N) is 1. The molecule has 0 fully saturated rings. The van der Waals surface area contributed by atoms with Crippen molar-refractivity contribution in [2.45, 2.75) is 41.9 Å². The molecule has 2 aromatic rings. The number of carbonyl (C=O) groups is 1. The molecule has 0 unspecified atom stereocenters. The molecule has 1 aliphatic heterocycles. The molecule has 0 saturated heterocycles. The van der Waals surface area contributed by atoms with Crippen LogP contribution < -0.4 is 9.62 Å². The summed E-state index contributed by atoms with van der Waals surface area (Å²) in [7, 11) is -3.70. The molecule has 0 bridgehead atoms. The van der Waals surface area contributed by atoms with Gasteiger partial charge in [0.1, 0.15) is 0 Å². The number of nitrogens with one attached hydrogen (secondary N) is 1. The number of rotatable bonds is 4. The minimum absolute atomic E-state index is 0.0847. The van der Waals surface area contributed by atoms with Crippen molar-refractivity contribution in [3.8, 4) is 0 Å². The van der Waals surface area contributed by atoms with Crippen molar-refractivity contribution in [2.75, 3.05) is 11.4 Å². The van der Waals surface area contributed by atoms with E-state index in [0.29, 0.717) is 12.2 Å². The summed E-state index contributed by atoms with van der Waals surface area (Å²) >= 11 is 1.65. The molecule has 2 aromatic carbocycles. The zero-order chi connectivity index (χ0) is 18.9. The average Bonchev–Trinajstić information content (AvgIpc) is 2.60. The Morgan fingerprint density at radius 1 is 1.23 bits per heavy atom. The number of fused-ring (bicyclic) bond motifs is 1. The molecule has 0 spiro atoms. The van der Waals surface area contributed by atoms with Crippen molar-refractivity contribution < 1.29 is 13.2 Å². The molecule has 0 aromatic heterocycles. The summed E-state index contributed by atoms with van der Waals surface area (Å²) in [4.78, 5) is 14.7. The molecule has 0 radical (unpaired) electrons. The average molecular weight is 391 g/mol. The van der Waals surface area contributed by atoms with Crippen molar-refractivity contribution >= 4 is 33.4 Å². The maximum Gasteiger partial charge on any atom is 0.241 e. The van der Waals surface area contributed by atoms with Crippen molar-refractivity contribution in [1.82, 2.24) is 4.72 Å². The highest BCUT2D eigenvalue weighted by Crippen LogP contribution is 2.39. The summed E-state index contributed by atoms with van der Waals surface area (Å²) in [6.07, 6.45) is 0. The first-order valence-corrected chi connectivity index (χ1v) is 10.8. The Hall–Kier alpha value is -1.83. The summed E-state index contributed by atoms with van der Waals surface area (Å²) in [5, 5.41) is 0.269. The van der Waals surface area contributed by atoms with Crippen LogP contribution in [0.1, 0.15) is 32.4 Å². The molecule has 1 amide bonds. The molecule has 7 heteroatoms.